The Morgan fingerprint density at radius 1 is 1.70 bits per heavy atom. The molecule has 1 aromatic heterocycles. The van der Waals surface area contributed by atoms with Crippen molar-refractivity contribution >= 4 is 0 Å². The molecule has 0 aromatic carbocycles. The summed E-state index contributed by atoms with van der Waals surface area (Å²) < 4.78 is 9.13. The van der Waals surface area contributed by atoms with Crippen molar-refractivity contribution in [2.45, 2.75) is 13.0 Å². The minimum Gasteiger partial charge on any atom is -0.452 e. The fourth-order valence-electron chi connectivity index (χ4n) is 0.473. The van der Waals surface area contributed by atoms with E-state index >= 15 is 0 Å². The Morgan fingerprint density at radius 3 is 2.70 bits per heavy atom. The average molecular weight is 144 g/mol. The van der Waals surface area contributed by atoms with Gasteiger partial charge in [-0.2, -0.15) is 4.98 Å². The van der Waals surface area contributed by atoms with Gasteiger partial charge < -0.3 is 9.84 Å². The molecule has 1 aromatic rings. The summed E-state index contributed by atoms with van der Waals surface area (Å²) >= 11 is 0. The molecule has 1 N–H and O–H groups in total. The summed E-state index contributed by atoms with van der Waals surface area (Å²) in [7, 11) is 1.42. The molecule has 0 aliphatic rings. The highest BCUT2D eigenvalue weighted by molar-refractivity contribution is 4.91. The Morgan fingerprint density at radius 2 is 2.40 bits per heavy atom. The Bertz CT molecular complexity index is 208. The van der Waals surface area contributed by atoms with Crippen LogP contribution in [0, 0.1) is 0 Å². The van der Waals surface area contributed by atoms with Gasteiger partial charge in [-0.25, -0.2) is 0 Å². The van der Waals surface area contributed by atoms with Crippen LogP contribution < -0.4 is 4.74 Å². The molecule has 1 rings (SSSR count). The molecular weight excluding hydrogens is 136 g/mol. The molecule has 0 saturated heterocycles. The SMILES string of the molecule is COc1nc(C(C)O)no1. The van der Waals surface area contributed by atoms with Crippen molar-refractivity contribution in [3.8, 4) is 6.08 Å². The van der Waals surface area contributed by atoms with Gasteiger partial charge in [0, 0.05) is 0 Å². The summed E-state index contributed by atoms with van der Waals surface area (Å²) in [5.41, 5.74) is 0. The largest absolute Gasteiger partial charge is 0.452 e. The van der Waals surface area contributed by atoms with Gasteiger partial charge in [-0.15, -0.1) is 0 Å². The molecule has 56 valence electrons. The average Bonchev–Trinajstić information content (AvgIpc) is 2.34. The first-order chi connectivity index (χ1) is 4.74. The predicted octanol–water partition coefficient (Wildman–Crippen LogP) is 0.132. The van der Waals surface area contributed by atoms with Gasteiger partial charge in [-0.05, 0) is 6.92 Å². The fraction of sp³-hybridized carbons (Fsp3) is 0.600. The van der Waals surface area contributed by atoms with Crippen molar-refractivity contribution in [2.24, 2.45) is 0 Å². The maximum Gasteiger partial charge on any atom is 0.417 e. The second-order valence-corrected chi connectivity index (χ2v) is 1.80. The van der Waals surface area contributed by atoms with Gasteiger partial charge >= 0.3 is 6.08 Å². The van der Waals surface area contributed by atoms with Crippen LogP contribution in [0.15, 0.2) is 4.52 Å². The van der Waals surface area contributed by atoms with Crippen LogP contribution >= 0.6 is 0 Å². The van der Waals surface area contributed by atoms with Crippen LogP contribution in [0.2, 0.25) is 0 Å². The number of hydrogen-bond acceptors (Lipinski definition) is 5. The Balaban J connectivity index is 2.78. The lowest BCUT2D eigenvalue weighted by Crippen LogP contribution is -1.93. The summed E-state index contributed by atoms with van der Waals surface area (Å²) in [4.78, 5) is 3.68. The monoisotopic (exact) mass is 144 g/mol. The minimum atomic E-state index is -0.715. The zero-order chi connectivity index (χ0) is 7.56. The number of aliphatic hydroxyl groups excluding tert-OH is 1. The van der Waals surface area contributed by atoms with E-state index in [9.17, 15) is 0 Å². The highest BCUT2D eigenvalue weighted by Crippen LogP contribution is 2.11. The standard InChI is InChI=1S/C5H8N2O3/c1-3(8)4-6-5(9-2)10-7-4/h3,8H,1-2H3. The topological polar surface area (TPSA) is 68.4 Å². The van der Waals surface area contributed by atoms with E-state index < -0.39 is 6.10 Å². The molecule has 0 radical (unpaired) electrons. The molecule has 0 saturated carbocycles. The number of rotatable bonds is 2. The number of aliphatic hydroxyl groups is 1. The summed E-state index contributed by atoms with van der Waals surface area (Å²) in [6.45, 7) is 1.55. The van der Waals surface area contributed by atoms with Gasteiger partial charge in [0.05, 0.1) is 7.11 Å². The number of methoxy groups -OCH3 is 1. The van der Waals surface area contributed by atoms with Crippen molar-refractivity contribution in [3.05, 3.63) is 5.82 Å². The molecule has 0 amide bonds. The minimum absolute atomic E-state index is 0.0656. The zero-order valence-electron chi connectivity index (χ0n) is 5.74. The van der Waals surface area contributed by atoms with Crippen molar-refractivity contribution in [1.82, 2.24) is 10.1 Å². The molecule has 1 heterocycles. The highest BCUT2D eigenvalue weighted by Gasteiger charge is 2.09. The van der Waals surface area contributed by atoms with E-state index in [0.29, 0.717) is 0 Å². The van der Waals surface area contributed by atoms with Crippen LogP contribution in [0.5, 0.6) is 6.08 Å². The van der Waals surface area contributed by atoms with Gasteiger partial charge in [-0.1, -0.05) is 5.16 Å². The summed E-state index contributed by atoms with van der Waals surface area (Å²) in [5.74, 6) is 0.233. The number of hydrogen-bond donors (Lipinski definition) is 1. The van der Waals surface area contributed by atoms with E-state index in [1.807, 2.05) is 0 Å². The summed E-state index contributed by atoms with van der Waals surface area (Å²) in [5, 5.41) is 12.3. The lowest BCUT2D eigenvalue weighted by atomic mass is 10.4. The van der Waals surface area contributed by atoms with Gasteiger partial charge in [0.25, 0.3) is 0 Å². The number of ether oxygens (including phenoxy) is 1. The number of nitrogens with zero attached hydrogens (tertiary/aromatic N) is 2. The fourth-order valence-corrected chi connectivity index (χ4v) is 0.473. The lowest BCUT2D eigenvalue weighted by Gasteiger charge is -1.91. The van der Waals surface area contributed by atoms with E-state index in [1.165, 1.54) is 7.11 Å². The van der Waals surface area contributed by atoms with E-state index in [4.69, 9.17) is 5.11 Å². The third kappa shape index (κ3) is 1.24. The maximum atomic E-state index is 8.89. The lowest BCUT2D eigenvalue weighted by molar-refractivity contribution is 0.183. The first-order valence-electron chi connectivity index (χ1n) is 2.79. The van der Waals surface area contributed by atoms with Crippen LogP contribution in [0.3, 0.4) is 0 Å². The Hall–Kier alpha value is -1.10. The van der Waals surface area contributed by atoms with Crippen molar-refractivity contribution in [2.75, 3.05) is 7.11 Å². The molecule has 0 bridgehead atoms. The van der Waals surface area contributed by atoms with Gasteiger partial charge in [0.15, 0.2) is 0 Å². The molecule has 0 aliphatic heterocycles. The Kier molecular flexibility index (Phi) is 1.86. The molecular formula is C5H8N2O3. The predicted molar refractivity (Wildman–Crippen MR) is 31.5 cm³/mol. The van der Waals surface area contributed by atoms with Crippen molar-refractivity contribution < 1.29 is 14.4 Å². The first-order valence-corrected chi connectivity index (χ1v) is 2.79. The molecule has 0 fully saturated rings. The highest BCUT2D eigenvalue weighted by atomic mass is 16.6. The van der Waals surface area contributed by atoms with E-state index in [2.05, 4.69) is 19.4 Å². The van der Waals surface area contributed by atoms with Crippen LogP contribution in [0.1, 0.15) is 18.9 Å². The van der Waals surface area contributed by atoms with Gasteiger partial charge in [0.2, 0.25) is 5.82 Å². The second kappa shape index (κ2) is 2.66. The third-order valence-corrected chi connectivity index (χ3v) is 0.971. The van der Waals surface area contributed by atoms with Crippen LogP contribution in [0.25, 0.3) is 0 Å². The second-order valence-electron chi connectivity index (χ2n) is 1.80. The van der Waals surface area contributed by atoms with Crippen molar-refractivity contribution in [1.29, 1.82) is 0 Å². The number of aromatic nitrogens is 2. The normalized spacial score (nSPS) is 13.1. The zero-order valence-corrected chi connectivity index (χ0v) is 5.74. The molecule has 1 unspecified atom stereocenters. The van der Waals surface area contributed by atoms with Crippen LogP contribution in [0.4, 0.5) is 0 Å². The molecule has 0 aliphatic carbocycles. The van der Waals surface area contributed by atoms with E-state index in [1.54, 1.807) is 6.92 Å². The Labute approximate surface area is 57.6 Å². The van der Waals surface area contributed by atoms with E-state index in [0.717, 1.165) is 0 Å². The van der Waals surface area contributed by atoms with Gasteiger partial charge in [-0.3, -0.25) is 4.52 Å². The summed E-state index contributed by atoms with van der Waals surface area (Å²) in [6.07, 6.45) is -0.649. The van der Waals surface area contributed by atoms with Crippen LogP contribution in [-0.4, -0.2) is 22.4 Å². The third-order valence-electron chi connectivity index (χ3n) is 0.971. The van der Waals surface area contributed by atoms with Crippen LogP contribution in [-0.2, 0) is 0 Å². The molecule has 0 spiro atoms. The smallest absolute Gasteiger partial charge is 0.417 e. The first kappa shape index (κ1) is 7.01. The van der Waals surface area contributed by atoms with Gasteiger partial charge in [0.1, 0.15) is 6.10 Å². The summed E-state index contributed by atoms with van der Waals surface area (Å²) in [6, 6.07) is 0. The molecule has 1 atom stereocenters. The maximum absolute atomic E-state index is 8.89. The van der Waals surface area contributed by atoms with Crippen molar-refractivity contribution in [3.63, 3.8) is 0 Å². The quantitative estimate of drug-likeness (QED) is 0.639. The molecule has 5 nitrogen and oxygen atoms in total. The molecule has 5 heteroatoms. The van der Waals surface area contributed by atoms with E-state index in [-0.39, 0.29) is 11.9 Å². The molecule has 10 heavy (non-hydrogen) atoms.